The largest absolute Gasteiger partial charge is 0.345 e. The molecule has 0 saturated heterocycles. The zero-order valence-corrected chi connectivity index (χ0v) is 14.0. The van der Waals surface area contributed by atoms with Crippen molar-refractivity contribution in [3.63, 3.8) is 0 Å². The second kappa shape index (κ2) is 7.71. The van der Waals surface area contributed by atoms with E-state index in [0.29, 0.717) is 0 Å². The molecule has 0 spiro atoms. The predicted molar refractivity (Wildman–Crippen MR) is 87.7 cm³/mol. The number of rotatable bonds is 8. The smallest absolute Gasteiger partial charge is 0.185 e. The van der Waals surface area contributed by atoms with Crippen molar-refractivity contribution in [2.24, 2.45) is 0 Å². The van der Waals surface area contributed by atoms with Crippen LogP contribution in [-0.4, -0.2) is 23.6 Å². The molecule has 0 aliphatic rings. The van der Waals surface area contributed by atoms with Crippen LogP contribution in [0.5, 0.6) is 0 Å². The van der Waals surface area contributed by atoms with E-state index in [0.717, 1.165) is 43.3 Å². The number of hydrogen-bond donors (Lipinski definition) is 1. The van der Waals surface area contributed by atoms with Gasteiger partial charge >= 0.3 is 0 Å². The van der Waals surface area contributed by atoms with Crippen molar-refractivity contribution >= 4 is 27.8 Å². The summed E-state index contributed by atoms with van der Waals surface area (Å²) in [5, 5.41) is 6.59. The molecule has 110 valence electrons. The summed E-state index contributed by atoms with van der Waals surface area (Å²) in [7, 11) is 2.09. The number of thiazole rings is 2. The standard InChI is InChI=1S/C14H22N4S2/c1-4-6-12-13(7-15-5-2)20-14(17-12)18(3)8-11-9-19-10-16-11/h9-10,15H,4-8H2,1-3H3. The fourth-order valence-corrected chi connectivity index (χ4v) is 3.55. The average molecular weight is 310 g/mol. The molecule has 0 bridgehead atoms. The maximum Gasteiger partial charge on any atom is 0.185 e. The van der Waals surface area contributed by atoms with Gasteiger partial charge in [-0.05, 0) is 13.0 Å². The molecule has 20 heavy (non-hydrogen) atoms. The van der Waals surface area contributed by atoms with Gasteiger partial charge in [0.1, 0.15) is 0 Å². The van der Waals surface area contributed by atoms with Crippen LogP contribution >= 0.6 is 22.7 Å². The Morgan fingerprint density at radius 1 is 1.35 bits per heavy atom. The van der Waals surface area contributed by atoms with E-state index in [1.54, 1.807) is 22.7 Å². The van der Waals surface area contributed by atoms with Gasteiger partial charge in [-0.3, -0.25) is 0 Å². The summed E-state index contributed by atoms with van der Waals surface area (Å²) >= 11 is 3.44. The van der Waals surface area contributed by atoms with Gasteiger partial charge in [0.25, 0.3) is 0 Å². The number of aromatic nitrogens is 2. The molecule has 0 aliphatic carbocycles. The maximum absolute atomic E-state index is 4.81. The van der Waals surface area contributed by atoms with Gasteiger partial charge in [-0.1, -0.05) is 20.3 Å². The SMILES string of the molecule is CCCc1nc(N(C)Cc2cscn2)sc1CNCC. The Hall–Kier alpha value is -0.980. The molecule has 0 atom stereocenters. The minimum Gasteiger partial charge on any atom is -0.345 e. The van der Waals surface area contributed by atoms with Gasteiger partial charge in [0, 0.05) is 23.8 Å². The lowest BCUT2D eigenvalue weighted by Crippen LogP contribution is -2.16. The van der Waals surface area contributed by atoms with Gasteiger partial charge in [-0.2, -0.15) is 0 Å². The van der Waals surface area contributed by atoms with Crippen LogP contribution in [0.4, 0.5) is 5.13 Å². The first-order valence-corrected chi connectivity index (χ1v) is 8.78. The highest BCUT2D eigenvalue weighted by atomic mass is 32.1. The van der Waals surface area contributed by atoms with Crippen LogP contribution in [0.15, 0.2) is 10.9 Å². The van der Waals surface area contributed by atoms with E-state index >= 15 is 0 Å². The number of anilines is 1. The molecule has 2 heterocycles. The van der Waals surface area contributed by atoms with Gasteiger partial charge in [0.2, 0.25) is 0 Å². The molecular weight excluding hydrogens is 288 g/mol. The Morgan fingerprint density at radius 3 is 2.85 bits per heavy atom. The van der Waals surface area contributed by atoms with Crippen molar-refractivity contribution in [1.29, 1.82) is 0 Å². The van der Waals surface area contributed by atoms with Crippen molar-refractivity contribution in [1.82, 2.24) is 15.3 Å². The molecular formula is C14H22N4S2. The molecule has 0 aromatic carbocycles. The first-order valence-electron chi connectivity index (χ1n) is 7.02. The first kappa shape index (κ1) is 15.4. The van der Waals surface area contributed by atoms with Gasteiger partial charge in [0.05, 0.1) is 23.4 Å². The summed E-state index contributed by atoms with van der Waals surface area (Å²) < 4.78 is 0. The minimum atomic E-state index is 0.823. The Labute approximate surface area is 128 Å². The molecule has 2 rings (SSSR count). The second-order valence-corrected chi connectivity index (χ2v) is 6.51. The molecule has 1 N–H and O–H groups in total. The van der Waals surface area contributed by atoms with Crippen LogP contribution in [0, 0.1) is 0 Å². The lowest BCUT2D eigenvalue weighted by molar-refractivity contribution is 0.723. The Balaban J connectivity index is 2.09. The van der Waals surface area contributed by atoms with Crippen LogP contribution in [0.3, 0.4) is 0 Å². The second-order valence-electron chi connectivity index (χ2n) is 4.73. The van der Waals surface area contributed by atoms with Crippen LogP contribution < -0.4 is 10.2 Å². The van der Waals surface area contributed by atoms with E-state index in [2.05, 4.69) is 41.5 Å². The van der Waals surface area contributed by atoms with E-state index in [4.69, 9.17) is 4.98 Å². The molecule has 0 saturated carbocycles. The van der Waals surface area contributed by atoms with Crippen molar-refractivity contribution in [2.75, 3.05) is 18.5 Å². The lowest BCUT2D eigenvalue weighted by atomic mass is 10.2. The highest BCUT2D eigenvalue weighted by molar-refractivity contribution is 7.15. The summed E-state index contributed by atoms with van der Waals surface area (Å²) in [6, 6.07) is 0. The highest BCUT2D eigenvalue weighted by Crippen LogP contribution is 2.27. The van der Waals surface area contributed by atoms with Crippen LogP contribution in [0.2, 0.25) is 0 Å². The van der Waals surface area contributed by atoms with Crippen LogP contribution in [0.25, 0.3) is 0 Å². The number of nitrogens with zero attached hydrogens (tertiary/aromatic N) is 3. The number of aryl methyl sites for hydroxylation is 1. The summed E-state index contributed by atoms with van der Waals surface area (Å²) in [6.07, 6.45) is 2.19. The fraction of sp³-hybridized carbons (Fsp3) is 0.571. The van der Waals surface area contributed by atoms with Gasteiger partial charge in [0.15, 0.2) is 5.13 Å². The highest BCUT2D eigenvalue weighted by Gasteiger charge is 2.14. The minimum absolute atomic E-state index is 0.823. The monoisotopic (exact) mass is 310 g/mol. The first-order chi connectivity index (χ1) is 9.74. The van der Waals surface area contributed by atoms with E-state index in [1.807, 2.05) is 5.51 Å². The molecule has 0 fully saturated rings. The zero-order chi connectivity index (χ0) is 14.4. The molecule has 2 aromatic heterocycles. The van der Waals surface area contributed by atoms with E-state index in [-0.39, 0.29) is 0 Å². The normalized spacial score (nSPS) is 10.9. The fourth-order valence-electron chi connectivity index (χ4n) is 1.97. The van der Waals surface area contributed by atoms with E-state index in [9.17, 15) is 0 Å². The number of nitrogens with one attached hydrogen (secondary N) is 1. The van der Waals surface area contributed by atoms with Crippen LogP contribution in [-0.2, 0) is 19.5 Å². The Bertz CT molecular complexity index is 507. The maximum atomic E-state index is 4.81. The van der Waals surface area contributed by atoms with E-state index in [1.165, 1.54) is 10.6 Å². The van der Waals surface area contributed by atoms with E-state index < -0.39 is 0 Å². The van der Waals surface area contributed by atoms with Crippen molar-refractivity contribution in [3.8, 4) is 0 Å². The molecule has 0 amide bonds. The zero-order valence-electron chi connectivity index (χ0n) is 12.3. The molecule has 4 nitrogen and oxygen atoms in total. The predicted octanol–water partition coefficient (Wildman–Crippen LogP) is 3.30. The molecule has 0 unspecified atom stereocenters. The third-order valence-electron chi connectivity index (χ3n) is 3.00. The molecule has 6 heteroatoms. The van der Waals surface area contributed by atoms with Gasteiger partial charge < -0.3 is 10.2 Å². The van der Waals surface area contributed by atoms with Crippen molar-refractivity contribution in [3.05, 3.63) is 27.2 Å². The lowest BCUT2D eigenvalue weighted by Gasteiger charge is -2.13. The van der Waals surface area contributed by atoms with Crippen molar-refractivity contribution < 1.29 is 0 Å². The quantitative estimate of drug-likeness (QED) is 0.812. The Morgan fingerprint density at radius 2 is 2.20 bits per heavy atom. The van der Waals surface area contributed by atoms with Crippen LogP contribution in [0.1, 0.15) is 36.5 Å². The molecule has 2 aromatic rings. The summed E-state index contributed by atoms with van der Waals surface area (Å²) in [6.45, 7) is 7.08. The average Bonchev–Trinajstić information content (AvgIpc) is 3.07. The Kier molecular flexibility index (Phi) is 5.94. The summed E-state index contributed by atoms with van der Waals surface area (Å²) in [5.41, 5.74) is 4.24. The number of hydrogen-bond acceptors (Lipinski definition) is 6. The molecule has 0 aliphatic heterocycles. The summed E-state index contributed by atoms with van der Waals surface area (Å²) in [4.78, 5) is 12.7. The van der Waals surface area contributed by atoms with Gasteiger partial charge in [-0.25, -0.2) is 9.97 Å². The topological polar surface area (TPSA) is 41.1 Å². The third-order valence-corrected chi connectivity index (χ3v) is 4.85. The molecule has 0 radical (unpaired) electrons. The summed E-state index contributed by atoms with van der Waals surface area (Å²) in [5.74, 6) is 0. The third kappa shape index (κ3) is 4.01. The van der Waals surface area contributed by atoms with Gasteiger partial charge in [-0.15, -0.1) is 22.7 Å². The van der Waals surface area contributed by atoms with Crippen molar-refractivity contribution in [2.45, 2.75) is 39.8 Å².